The van der Waals surface area contributed by atoms with Crippen molar-refractivity contribution in [2.24, 2.45) is 4.99 Å². The Morgan fingerprint density at radius 1 is 0.977 bits per heavy atom. The van der Waals surface area contributed by atoms with Crippen LogP contribution in [-0.4, -0.2) is 101 Å². The van der Waals surface area contributed by atoms with Crippen molar-refractivity contribution in [3.05, 3.63) is 69.2 Å². The van der Waals surface area contributed by atoms with Gasteiger partial charge in [-0.05, 0) is 66.3 Å². The van der Waals surface area contributed by atoms with Crippen LogP contribution in [0.1, 0.15) is 30.5 Å². The van der Waals surface area contributed by atoms with Crippen LogP contribution in [0.4, 0.5) is 13.2 Å². The minimum Gasteiger partial charge on any atom is -0.348 e. The van der Waals surface area contributed by atoms with Crippen molar-refractivity contribution in [1.29, 1.82) is 0 Å². The standard InChI is InChI=1S/C25H23ClF3N5OS.C6H14N2/c1-2-32-7-9-33(10-8-32)24-31-23(35)22(36-24)12-16-3-6-21-18(11-16)14-30-34(21)15-17-4-5-19(26)13-20(17)25(27,28)29;1-2-8-5-3-7-4-6-8/h3-6,11-14H,2,7-10,15H2,1H3;7H,2-6H2,1H3. The first-order valence-electron chi connectivity index (χ1n) is 14.9. The van der Waals surface area contributed by atoms with Crippen LogP contribution in [0.15, 0.2) is 52.5 Å². The average molecular weight is 648 g/mol. The fourth-order valence-corrected chi connectivity index (χ4v) is 6.54. The highest BCUT2D eigenvalue weighted by atomic mass is 35.5. The number of halogens is 4. The Morgan fingerprint density at radius 3 is 2.34 bits per heavy atom. The summed E-state index contributed by atoms with van der Waals surface area (Å²) in [6.45, 7) is 14.9. The van der Waals surface area contributed by atoms with Gasteiger partial charge in [-0.3, -0.25) is 9.48 Å². The van der Waals surface area contributed by atoms with E-state index in [1.54, 1.807) is 18.3 Å². The number of hydrogen-bond donors (Lipinski definition) is 1. The molecule has 0 bridgehead atoms. The summed E-state index contributed by atoms with van der Waals surface area (Å²) >= 11 is 7.17. The minimum atomic E-state index is -4.52. The molecule has 1 amide bonds. The van der Waals surface area contributed by atoms with E-state index in [-0.39, 0.29) is 23.0 Å². The Morgan fingerprint density at radius 2 is 1.68 bits per heavy atom. The Labute approximate surface area is 264 Å². The second-order valence-electron chi connectivity index (χ2n) is 10.8. The van der Waals surface area contributed by atoms with Gasteiger partial charge in [0.2, 0.25) is 0 Å². The predicted molar refractivity (Wildman–Crippen MR) is 172 cm³/mol. The van der Waals surface area contributed by atoms with E-state index in [1.807, 2.05) is 12.1 Å². The summed E-state index contributed by atoms with van der Waals surface area (Å²) in [7, 11) is 0. The van der Waals surface area contributed by atoms with Crippen LogP contribution >= 0.6 is 23.4 Å². The number of fused-ring (bicyclic) bond motifs is 1. The molecule has 6 rings (SSSR count). The number of nitrogens with zero attached hydrogens (tertiary/aromatic N) is 6. The van der Waals surface area contributed by atoms with E-state index < -0.39 is 11.7 Å². The number of alkyl halides is 3. The number of aromatic nitrogens is 2. The Balaban J connectivity index is 0.000000418. The van der Waals surface area contributed by atoms with Gasteiger partial charge in [0.1, 0.15) is 0 Å². The van der Waals surface area contributed by atoms with Crippen LogP contribution in [0.5, 0.6) is 0 Å². The number of benzene rings is 2. The quantitative estimate of drug-likeness (QED) is 0.378. The lowest BCUT2D eigenvalue weighted by Crippen LogP contribution is -2.47. The lowest BCUT2D eigenvalue weighted by atomic mass is 10.1. The summed E-state index contributed by atoms with van der Waals surface area (Å²) < 4.78 is 42.0. The molecule has 2 fully saturated rings. The first kappa shape index (κ1) is 32.5. The molecular formula is C31H37ClF3N7OS. The van der Waals surface area contributed by atoms with Gasteiger partial charge in [0, 0.05) is 62.8 Å². The minimum absolute atomic E-state index is 0.0313. The van der Waals surface area contributed by atoms with Gasteiger partial charge in [-0.25, -0.2) is 0 Å². The SMILES string of the molecule is CCN1CCN(C2=NC(=O)C(=Cc3ccc4c(cnn4Cc4ccc(Cl)cc4C(F)(F)F)c3)S2)CC1.CCN1CCNCC1. The lowest BCUT2D eigenvalue weighted by molar-refractivity contribution is -0.138. The van der Waals surface area contributed by atoms with Gasteiger partial charge in [-0.2, -0.15) is 23.3 Å². The molecule has 13 heteroatoms. The number of piperazine rings is 2. The van der Waals surface area contributed by atoms with Crippen molar-refractivity contribution in [3.8, 4) is 0 Å². The number of thioether (sulfide) groups is 1. The molecule has 0 saturated carbocycles. The van der Waals surface area contributed by atoms with Crippen LogP contribution in [-0.2, 0) is 17.5 Å². The molecule has 1 aromatic heterocycles. The monoisotopic (exact) mass is 647 g/mol. The molecule has 2 aromatic carbocycles. The summed E-state index contributed by atoms with van der Waals surface area (Å²) in [5.41, 5.74) is 0.799. The maximum Gasteiger partial charge on any atom is 0.416 e. The predicted octanol–water partition coefficient (Wildman–Crippen LogP) is 5.28. The Bertz CT molecular complexity index is 1530. The van der Waals surface area contributed by atoms with E-state index in [4.69, 9.17) is 11.6 Å². The number of nitrogens with one attached hydrogen (secondary N) is 1. The molecule has 0 aliphatic carbocycles. The number of amidine groups is 1. The topological polar surface area (TPSA) is 69.0 Å². The van der Waals surface area contributed by atoms with Crippen molar-refractivity contribution in [2.75, 3.05) is 65.4 Å². The molecule has 3 aliphatic rings. The molecule has 0 atom stereocenters. The second kappa shape index (κ2) is 14.5. The third-order valence-corrected chi connectivity index (χ3v) is 9.30. The largest absolute Gasteiger partial charge is 0.416 e. The number of carbonyl (C=O) groups is 1. The van der Waals surface area contributed by atoms with Crippen LogP contribution in [0.2, 0.25) is 5.02 Å². The van der Waals surface area contributed by atoms with Crippen molar-refractivity contribution in [2.45, 2.75) is 26.6 Å². The van der Waals surface area contributed by atoms with E-state index in [2.05, 4.69) is 44.0 Å². The van der Waals surface area contributed by atoms with E-state index in [1.165, 1.54) is 61.3 Å². The van der Waals surface area contributed by atoms with E-state index in [0.29, 0.717) is 10.4 Å². The number of rotatable bonds is 5. The van der Waals surface area contributed by atoms with Crippen LogP contribution in [0.25, 0.3) is 17.0 Å². The summed E-state index contributed by atoms with van der Waals surface area (Å²) in [4.78, 5) is 24.3. The number of likely N-dealkylation sites (N-methyl/N-ethyl adjacent to an activating group) is 2. The number of aliphatic imine (C=N–C) groups is 1. The van der Waals surface area contributed by atoms with E-state index >= 15 is 0 Å². The van der Waals surface area contributed by atoms with Gasteiger partial charge in [-0.15, -0.1) is 0 Å². The van der Waals surface area contributed by atoms with Gasteiger partial charge in [0.25, 0.3) is 5.91 Å². The van der Waals surface area contributed by atoms with Crippen LogP contribution < -0.4 is 5.32 Å². The number of carbonyl (C=O) groups excluding carboxylic acids is 1. The molecule has 1 N–H and O–H groups in total. The Kier molecular flexibility index (Phi) is 10.7. The zero-order valence-electron chi connectivity index (χ0n) is 24.9. The maximum atomic E-state index is 13.5. The van der Waals surface area contributed by atoms with Gasteiger partial charge in [0.05, 0.1) is 28.7 Å². The molecule has 3 aromatic rings. The summed E-state index contributed by atoms with van der Waals surface area (Å²) in [5.74, 6) is -0.258. The highest BCUT2D eigenvalue weighted by Gasteiger charge is 2.34. The van der Waals surface area contributed by atoms with Crippen molar-refractivity contribution in [1.82, 2.24) is 29.8 Å². The van der Waals surface area contributed by atoms with Crippen molar-refractivity contribution >= 4 is 51.4 Å². The van der Waals surface area contributed by atoms with Gasteiger partial charge >= 0.3 is 6.18 Å². The number of hydrogen-bond acceptors (Lipinski definition) is 7. The van der Waals surface area contributed by atoms with Crippen LogP contribution in [0, 0.1) is 0 Å². The van der Waals surface area contributed by atoms with Crippen molar-refractivity contribution < 1.29 is 18.0 Å². The highest BCUT2D eigenvalue weighted by molar-refractivity contribution is 8.18. The summed E-state index contributed by atoms with van der Waals surface area (Å²) in [5, 5.41) is 9.14. The normalized spacial score (nSPS) is 19.4. The first-order chi connectivity index (χ1) is 21.1. The third-order valence-electron chi connectivity index (χ3n) is 8.02. The fraction of sp³-hybridized carbons (Fsp3) is 0.452. The molecule has 0 unspecified atom stereocenters. The molecule has 4 heterocycles. The highest BCUT2D eigenvalue weighted by Crippen LogP contribution is 2.35. The van der Waals surface area contributed by atoms with Gasteiger partial charge < -0.3 is 20.0 Å². The molecule has 44 heavy (non-hydrogen) atoms. The first-order valence-corrected chi connectivity index (χ1v) is 16.1. The summed E-state index contributed by atoms with van der Waals surface area (Å²) in [6.07, 6.45) is -1.11. The molecule has 236 valence electrons. The molecule has 0 spiro atoms. The van der Waals surface area contributed by atoms with Crippen LogP contribution in [0.3, 0.4) is 0 Å². The zero-order valence-corrected chi connectivity index (χ0v) is 26.5. The molecule has 2 saturated heterocycles. The molecule has 3 aliphatic heterocycles. The molecule has 8 nitrogen and oxygen atoms in total. The second-order valence-corrected chi connectivity index (χ2v) is 12.3. The van der Waals surface area contributed by atoms with Crippen molar-refractivity contribution in [3.63, 3.8) is 0 Å². The molecular weight excluding hydrogens is 611 g/mol. The Hall–Kier alpha value is -2.90. The third kappa shape index (κ3) is 8.02. The molecule has 0 radical (unpaired) electrons. The fourth-order valence-electron chi connectivity index (χ4n) is 5.40. The maximum absolute atomic E-state index is 13.5. The average Bonchev–Trinajstić information content (AvgIpc) is 3.60. The van der Waals surface area contributed by atoms with E-state index in [0.717, 1.165) is 54.9 Å². The zero-order chi connectivity index (χ0) is 31.3. The van der Waals surface area contributed by atoms with E-state index in [9.17, 15) is 18.0 Å². The summed E-state index contributed by atoms with van der Waals surface area (Å²) in [6, 6.07) is 9.24. The smallest absolute Gasteiger partial charge is 0.348 e. The van der Waals surface area contributed by atoms with Gasteiger partial charge in [-0.1, -0.05) is 37.6 Å². The lowest BCUT2D eigenvalue weighted by Gasteiger charge is -2.34. The van der Waals surface area contributed by atoms with Gasteiger partial charge in [0.15, 0.2) is 5.17 Å². The number of amides is 1.